The largest absolute Gasteiger partial charge is 0.458 e. The Morgan fingerprint density at radius 1 is 1.39 bits per heavy atom. The van der Waals surface area contributed by atoms with E-state index in [0.29, 0.717) is 25.8 Å². The topological polar surface area (TPSA) is 73.8 Å². The normalized spacial score (nSPS) is 33.5. The number of likely N-dealkylation sites (tertiary alicyclic amines) is 1. The van der Waals surface area contributed by atoms with Gasteiger partial charge in [0.05, 0.1) is 12.2 Å². The van der Waals surface area contributed by atoms with Gasteiger partial charge in [-0.25, -0.2) is 9.97 Å². The van der Waals surface area contributed by atoms with E-state index in [1.54, 1.807) is 18.5 Å². The summed E-state index contributed by atoms with van der Waals surface area (Å²) in [6.07, 6.45) is 6.42. The molecule has 3 atom stereocenters. The fourth-order valence-electron chi connectivity index (χ4n) is 3.67. The zero-order chi connectivity index (χ0) is 15.7. The zero-order valence-corrected chi connectivity index (χ0v) is 13.0. The second-order valence-electron chi connectivity index (χ2n) is 6.48. The molecule has 1 amide bonds. The molecule has 23 heavy (non-hydrogen) atoms. The molecule has 0 aliphatic carbocycles. The molecule has 3 saturated heterocycles. The van der Waals surface area contributed by atoms with Crippen molar-refractivity contribution in [1.82, 2.24) is 14.9 Å². The summed E-state index contributed by atoms with van der Waals surface area (Å²) in [7, 11) is 0. The summed E-state index contributed by atoms with van der Waals surface area (Å²) in [5.41, 5.74) is -0.284. The minimum absolute atomic E-state index is 0.0600. The second kappa shape index (κ2) is 6.05. The highest BCUT2D eigenvalue weighted by Crippen LogP contribution is 2.36. The van der Waals surface area contributed by atoms with E-state index in [0.717, 1.165) is 32.2 Å². The van der Waals surface area contributed by atoms with Crippen molar-refractivity contribution >= 4 is 5.91 Å². The SMILES string of the molecule is O=C([C@H]1CCCO1)N1CCC2(CC(Oc3ncccn3)CO2)C1. The minimum atomic E-state index is -0.284. The number of rotatable bonds is 3. The van der Waals surface area contributed by atoms with Gasteiger partial charge in [-0.15, -0.1) is 0 Å². The molecule has 3 fully saturated rings. The first kappa shape index (κ1) is 14.8. The molecule has 0 bridgehead atoms. The average Bonchev–Trinajstić information content (AvgIpc) is 3.31. The lowest BCUT2D eigenvalue weighted by atomic mass is 9.98. The Morgan fingerprint density at radius 3 is 3.04 bits per heavy atom. The molecule has 0 saturated carbocycles. The van der Waals surface area contributed by atoms with Crippen LogP contribution in [-0.4, -0.2) is 64.9 Å². The lowest BCUT2D eigenvalue weighted by molar-refractivity contribution is -0.140. The molecule has 124 valence electrons. The van der Waals surface area contributed by atoms with Crippen LogP contribution in [-0.2, 0) is 14.3 Å². The van der Waals surface area contributed by atoms with E-state index >= 15 is 0 Å². The molecular formula is C16H21N3O4. The highest BCUT2D eigenvalue weighted by molar-refractivity contribution is 5.81. The molecule has 4 heterocycles. The summed E-state index contributed by atoms with van der Waals surface area (Å²) < 4.78 is 17.3. The van der Waals surface area contributed by atoms with E-state index in [4.69, 9.17) is 14.2 Å². The maximum Gasteiger partial charge on any atom is 0.316 e. The van der Waals surface area contributed by atoms with E-state index < -0.39 is 0 Å². The van der Waals surface area contributed by atoms with E-state index in [-0.39, 0.29) is 23.7 Å². The molecule has 1 aromatic heterocycles. The van der Waals surface area contributed by atoms with Crippen molar-refractivity contribution in [3.8, 4) is 6.01 Å². The molecule has 7 heteroatoms. The summed E-state index contributed by atoms with van der Waals surface area (Å²) in [5, 5.41) is 0. The van der Waals surface area contributed by atoms with Gasteiger partial charge in [-0.1, -0.05) is 0 Å². The Hall–Kier alpha value is -1.73. The smallest absolute Gasteiger partial charge is 0.316 e. The Balaban J connectivity index is 1.34. The Labute approximate surface area is 134 Å². The van der Waals surface area contributed by atoms with Crippen LogP contribution in [0.15, 0.2) is 18.5 Å². The van der Waals surface area contributed by atoms with Crippen molar-refractivity contribution in [1.29, 1.82) is 0 Å². The number of amides is 1. The first-order valence-corrected chi connectivity index (χ1v) is 8.22. The molecule has 1 spiro atoms. The van der Waals surface area contributed by atoms with Crippen LogP contribution < -0.4 is 4.74 Å². The summed E-state index contributed by atoms with van der Waals surface area (Å²) in [6.45, 7) is 2.56. The molecule has 7 nitrogen and oxygen atoms in total. The minimum Gasteiger partial charge on any atom is -0.458 e. The van der Waals surface area contributed by atoms with Crippen molar-refractivity contribution in [2.75, 3.05) is 26.3 Å². The van der Waals surface area contributed by atoms with Crippen LogP contribution in [0, 0.1) is 0 Å². The third-order valence-electron chi connectivity index (χ3n) is 4.82. The number of hydrogen-bond donors (Lipinski definition) is 0. The monoisotopic (exact) mass is 319 g/mol. The predicted molar refractivity (Wildman–Crippen MR) is 79.9 cm³/mol. The van der Waals surface area contributed by atoms with Gasteiger partial charge in [0.2, 0.25) is 0 Å². The lowest BCUT2D eigenvalue weighted by Gasteiger charge is -2.24. The van der Waals surface area contributed by atoms with Gasteiger partial charge < -0.3 is 19.1 Å². The van der Waals surface area contributed by atoms with Crippen LogP contribution in [0.25, 0.3) is 0 Å². The van der Waals surface area contributed by atoms with Crippen LogP contribution in [0.2, 0.25) is 0 Å². The van der Waals surface area contributed by atoms with Gasteiger partial charge in [0.25, 0.3) is 5.91 Å². The van der Waals surface area contributed by atoms with Gasteiger partial charge in [0.15, 0.2) is 0 Å². The number of carbonyl (C=O) groups is 1. The summed E-state index contributed by atoms with van der Waals surface area (Å²) in [4.78, 5) is 22.5. The zero-order valence-electron chi connectivity index (χ0n) is 13.0. The Bertz CT molecular complexity index is 564. The predicted octanol–water partition coefficient (Wildman–Crippen LogP) is 0.794. The van der Waals surface area contributed by atoms with Crippen molar-refractivity contribution in [2.45, 2.75) is 43.5 Å². The van der Waals surface area contributed by atoms with E-state index in [2.05, 4.69) is 9.97 Å². The highest BCUT2D eigenvalue weighted by Gasteiger charge is 2.48. The van der Waals surface area contributed by atoms with Crippen molar-refractivity contribution in [2.24, 2.45) is 0 Å². The van der Waals surface area contributed by atoms with Gasteiger partial charge in [-0.2, -0.15) is 0 Å². The van der Waals surface area contributed by atoms with Crippen molar-refractivity contribution < 1.29 is 19.0 Å². The second-order valence-corrected chi connectivity index (χ2v) is 6.48. The number of carbonyl (C=O) groups excluding carboxylic acids is 1. The molecule has 4 rings (SSSR count). The highest BCUT2D eigenvalue weighted by atomic mass is 16.6. The van der Waals surface area contributed by atoms with E-state index in [1.165, 1.54) is 0 Å². The fraction of sp³-hybridized carbons (Fsp3) is 0.688. The Kier molecular flexibility index (Phi) is 3.90. The maximum absolute atomic E-state index is 12.5. The maximum atomic E-state index is 12.5. The summed E-state index contributed by atoms with van der Waals surface area (Å²) >= 11 is 0. The van der Waals surface area contributed by atoms with E-state index in [1.807, 2.05) is 4.90 Å². The number of hydrogen-bond acceptors (Lipinski definition) is 6. The lowest BCUT2D eigenvalue weighted by Crippen LogP contribution is -2.40. The van der Waals surface area contributed by atoms with Gasteiger partial charge in [0, 0.05) is 38.5 Å². The standard InChI is InChI=1S/C16H21N3O4/c20-14(13-3-1-8-21-13)19-7-4-16(11-19)9-12(10-22-16)23-15-17-5-2-6-18-15/h2,5-6,12-13H,1,3-4,7-11H2/t12?,13-,16?/m1/s1. The summed E-state index contributed by atoms with van der Waals surface area (Å²) in [5.74, 6) is 0.110. The molecule has 3 aliphatic heterocycles. The van der Waals surface area contributed by atoms with Gasteiger partial charge in [0.1, 0.15) is 12.2 Å². The van der Waals surface area contributed by atoms with Crippen molar-refractivity contribution in [3.63, 3.8) is 0 Å². The molecule has 1 aromatic rings. The van der Waals surface area contributed by atoms with Crippen molar-refractivity contribution in [3.05, 3.63) is 18.5 Å². The molecule has 2 unspecified atom stereocenters. The van der Waals surface area contributed by atoms with Crippen LogP contribution in [0.4, 0.5) is 0 Å². The van der Waals surface area contributed by atoms with Gasteiger partial charge in [-0.3, -0.25) is 4.79 Å². The molecule has 3 aliphatic rings. The Morgan fingerprint density at radius 2 is 2.26 bits per heavy atom. The first-order valence-electron chi connectivity index (χ1n) is 8.22. The quantitative estimate of drug-likeness (QED) is 0.820. The number of nitrogens with zero attached hydrogens (tertiary/aromatic N) is 3. The van der Waals surface area contributed by atoms with E-state index in [9.17, 15) is 4.79 Å². The van der Waals surface area contributed by atoms with Gasteiger partial charge >= 0.3 is 6.01 Å². The van der Waals surface area contributed by atoms with Gasteiger partial charge in [-0.05, 0) is 25.3 Å². The molecule has 0 N–H and O–H groups in total. The first-order chi connectivity index (χ1) is 11.2. The molecule has 0 aromatic carbocycles. The number of aromatic nitrogens is 2. The van der Waals surface area contributed by atoms with Crippen LogP contribution in [0.5, 0.6) is 6.01 Å². The van der Waals surface area contributed by atoms with Crippen LogP contribution in [0.3, 0.4) is 0 Å². The fourth-order valence-corrected chi connectivity index (χ4v) is 3.67. The third-order valence-corrected chi connectivity index (χ3v) is 4.82. The average molecular weight is 319 g/mol. The summed E-state index contributed by atoms with van der Waals surface area (Å²) in [6, 6.07) is 2.13. The van der Waals surface area contributed by atoms with Crippen LogP contribution >= 0.6 is 0 Å². The molecular weight excluding hydrogens is 298 g/mol. The van der Waals surface area contributed by atoms with Crippen LogP contribution in [0.1, 0.15) is 25.7 Å². The third kappa shape index (κ3) is 3.03. The molecule has 0 radical (unpaired) electrons. The number of ether oxygens (including phenoxy) is 3.